The fourth-order valence-electron chi connectivity index (χ4n) is 5.23. The third-order valence-corrected chi connectivity index (χ3v) is 7.92. The van der Waals surface area contributed by atoms with E-state index in [0.717, 1.165) is 0 Å². The van der Waals surface area contributed by atoms with Gasteiger partial charge >= 0.3 is 5.97 Å². The van der Waals surface area contributed by atoms with E-state index in [1.807, 2.05) is 5.32 Å². The van der Waals surface area contributed by atoms with Crippen LogP contribution in [0.25, 0.3) is 0 Å². The molecule has 1 fully saturated rings. The number of nitrogens with one attached hydrogen (secondary N) is 6. The fourth-order valence-corrected chi connectivity index (χ4v) is 5.23. The lowest BCUT2D eigenvalue weighted by molar-refractivity contribution is -0.144. The van der Waals surface area contributed by atoms with Crippen molar-refractivity contribution in [3.05, 3.63) is 54.1 Å². The molecule has 1 aromatic carbocycles. The normalized spacial score (nSPS) is 17.0. The zero-order valence-corrected chi connectivity index (χ0v) is 27.3. The van der Waals surface area contributed by atoms with Crippen LogP contribution in [0.1, 0.15) is 31.0 Å². The van der Waals surface area contributed by atoms with Crippen LogP contribution in [0.4, 0.5) is 0 Å². The van der Waals surface area contributed by atoms with Gasteiger partial charge in [0, 0.05) is 31.3 Å². The van der Waals surface area contributed by atoms with E-state index in [0.29, 0.717) is 17.7 Å². The smallest absolute Gasteiger partial charge is 0.328 e. The van der Waals surface area contributed by atoms with Crippen LogP contribution in [0.2, 0.25) is 0 Å². The van der Waals surface area contributed by atoms with Gasteiger partial charge in [-0.3, -0.25) is 28.8 Å². The van der Waals surface area contributed by atoms with E-state index in [1.165, 1.54) is 24.3 Å². The molecule has 0 saturated carbocycles. The molecule has 2 heterocycles. The average Bonchev–Trinajstić information content (AvgIpc) is 3.81. The van der Waals surface area contributed by atoms with E-state index in [9.17, 15) is 43.8 Å². The van der Waals surface area contributed by atoms with Crippen LogP contribution in [0.5, 0.6) is 0 Å². The number of benzene rings is 1. The molecular weight excluding hydrogens is 658 g/mol. The van der Waals surface area contributed by atoms with Gasteiger partial charge in [-0.05, 0) is 25.3 Å². The molecule has 1 aliphatic rings. The molecular formula is C31H43N9O10. The van der Waals surface area contributed by atoms with Crippen LogP contribution < -0.4 is 32.3 Å². The van der Waals surface area contributed by atoms with Crippen molar-refractivity contribution in [2.75, 3.05) is 26.3 Å². The monoisotopic (exact) mass is 701 g/mol. The number of carbonyl (C=O) groups is 7. The van der Waals surface area contributed by atoms with Crippen LogP contribution in [-0.4, -0.2) is 134 Å². The SMILES string of the molecule is C[C@H](NC(=O)CN)C(=O)N[C@@H](Cc1ccccc1)C(=O)N[C@@H](Cc1cnc[nH]1)C(=O)N1CCC[C@H]1C(=O)N[C@@H](CO)C(=O)N[C@@H](CO)C(=O)O. The summed E-state index contributed by atoms with van der Waals surface area (Å²) in [5, 5.41) is 40.2. The summed E-state index contributed by atoms with van der Waals surface area (Å²) in [6.07, 6.45) is 3.34. The molecule has 1 aliphatic heterocycles. The Morgan fingerprint density at radius 3 is 2.12 bits per heavy atom. The maximum absolute atomic E-state index is 14.1. The highest BCUT2D eigenvalue weighted by Gasteiger charge is 2.40. The molecule has 3 rings (SSSR count). The number of carboxylic acids is 1. The van der Waals surface area contributed by atoms with Crippen LogP contribution in [0.15, 0.2) is 42.9 Å². The summed E-state index contributed by atoms with van der Waals surface area (Å²) in [4.78, 5) is 97.8. The van der Waals surface area contributed by atoms with Gasteiger partial charge in [-0.25, -0.2) is 9.78 Å². The molecule has 0 aliphatic carbocycles. The Kier molecular flexibility index (Phi) is 14.8. The highest BCUT2D eigenvalue weighted by atomic mass is 16.4. The quantitative estimate of drug-likeness (QED) is 0.0706. The molecule has 0 radical (unpaired) electrons. The fraction of sp³-hybridized carbons (Fsp3) is 0.484. The second-order valence-corrected chi connectivity index (χ2v) is 11.6. The number of aromatic amines is 1. The van der Waals surface area contributed by atoms with E-state index in [1.54, 1.807) is 30.3 Å². The van der Waals surface area contributed by atoms with Gasteiger partial charge in [-0.15, -0.1) is 0 Å². The van der Waals surface area contributed by atoms with E-state index in [4.69, 9.17) is 10.8 Å². The number of aliphatic carboxylic acids is 1. The van der Waals surface area contributed by atoms with Gasteiger partial charge in [0.25, 0.3) is 0 Å². The number of carbonyl (C=O) groups excluding carboxylic acids is 6. The Morgan fingerprint density at radius 2 is 1.52 bits per heavy atom. The number of carboxylic acid groups (broad SMARTS) is 1. The van der Waals surface area contributed by atoms with E-state index in [-0.39, 0.29) is 32.4 Å². The number of likely N-dealkylation sites (tertiary alicyclic amines) is 1. The van der Waals surface area contributed by atoms with Crippen molar-refractivity contribution in [2.45, 2.75) is 68.9 Å². The van der Waals surface area contributed by atoms with Crippen molar-refractivity contribution in [1.29, 1.82) is 0 Å². The maximum atomic E-state index is 14.1. The van der Waals surface area contributed by atoms with Gasteiger partial charge in [0.1, 0.15) is 36.3 Å². The van der Waals surface area contributed by atoms with Gasteiger partial charge in [-0.2, -0.15) is 0 Å². The minimum absolute atomic E-state index is 0.0271. The van der Waals surface area contributed by atoms with Crippen molar-refractivity contribution in [2.24, 2.45) is 5.73 Å². The second kappa shape index (κ2) is 19.0. The Labute approximate surface area is 286 Å². The van der Waals surface area contributed by atoms with Crippen molar-refractivity contribution >= 4 is 41.4 Å². The molecule has 1 saturated heterocycles. The molecule has 0 spiro atoms. The lowest BCUT2D eigenvalue weighted by atomic mass is 10.0. The highest BCUT2D eigenvalue weighted by Crippen LogP contribution is 2.20. The van der Waals surface area contributed by atoms with Crippen molar-refractivity contribution < 1.29 is 48.9 Å². The number of nitrogens with two attached hydrogens (primary N) is 1. The van der Waals surface area contributed by atoms with E-state index >= 15 is 0 Å². The molecule has 1 aromatic heterocycles. The average molecular weight is 702 g/mol. The van der Waals surface area contributed by atoms with Crippen molar-refractivity contribution in [1.82, 2.24) is 41.5 Å². The predicted molar refractivity (Wildman–Crippen MR) is 173 cm³/mol. The number of amides is 6. The summed E-state index contributed by atoms with van der Waals surface area (Å²) in [6.45, 7) is -0.651. The molecule has 2 aromatic rings. The molecule has 19 heteroatoms. The molecule has 19 nitrogen and oxygen atoms in total. The van der Waals surface area contributed by atoms with Crippen LogP contribution >= 0.6 is 0 Å². The molecule has 50 heavy (non-hydrogen) atoms. The lowest BCUT2D eigenvalue weighted by Gasteiger charge is -2.30. The van der Waals surface area contributed by atoms with Gasteiger partial charge in [0.15, 0.2) is 0 Å². The summed E-state index contributed by atoms with van der Waals surface area (Å²) < 4.78 is 0. The summed E-state index contributed by atoms with van der Waals surface area (Å²) >= 11 is 0. The number of aliphatic hydroxyl groups is 2. The first-order valence-corrected chi connectivity index (χ1v) is 15.9. The largest absolute Gasteiger partial charge is 0.480 e. The van der Waals surface area contributed by atoms with Crippen molar-refractivity contribution in [3.8, 4) is 0 Å². The number of imidazole rings is 1. The number of hydrogen-bond acceptors (Lipinski definition) is 11. The third-order valence-electron chi connectivity index (χ3n) is 7.92. The van der Waals surface area contributed by atoms with E-state index < -0.39 is 90.9 Å². The number of hydrogen-bond donors (Lipinski definition) is 10. The van der Waals surface area contributed by atoms with Gasteiger partial charge in [0.05, 0.1) is 26.1 Å². The Bertz CT molecular complexity index is 1490. The minimum Gasteiger partial charge on any atom is -0.480 e. The number of rotatable bonds is 18. The van der Waals surface area contributed by atoms with Crippen LogP contribution in [-0.2, 0) is 46.4 Å². The topological polar surface area (TPSA) is 298 Å². The van der Waals surface area contributed by atoms with E-state index in [2.05, 4.69) is 31.2 Å². The maximum Gasteiger partial charge on any atom is 0.328 e. The summed E-state index contributed by atoms with van der Waals surface area (Å²) in [6, 6.07) is 0.895. The van der Waals surface area contributed by atoms with Crippen LogP contribution in [0.3, 0.4) is 0 Å². The highest BCUT2D eigenvalue weighted by molar-refractivity contribution is 5.97. The molecule has 6 atom stereocenters. The van der Waals surface area contributed by atoms with Crippen LogP contribution in [0, 0.1) is 0 Å². The molecule has 0 bridgehead atoms. The first kappa shape index (κ1) is 39.0. The van der Waals surface area contributed by atoms with Gasteiger partial charge in [-0.1, -0.05) is 30.3 Å². The van der Waals surface area contributed by atoms with Gasteiger partial charge in [0.2, 0.25) is 35.4 Å². The Balaban J connectivity index is 1.82. The molecule has 11 N–H and O–H groups in total. The number of aliphatic hydroxyl groups excluding tert-OH is 2. The Morgan fingerprint density at radius 1 is 0.880 bits per heavy atom. The standard InChI is InChI=1S/C31H43N9O10/c1-17(35-25(43)12-32)26(44)36-20(10-18-6-3-2-4-7-18)27(45)37-21(11-19-13-33-16-34-19)30(48)40-9-5-8-24(40)29(47)38-22(14-41)28(46)39-23(15-42)31(49)50/h2-4,6-7,13,16-17,20-24,41-42H,5,8-12,14-15,32H2,1H3,(H,33,34)(H,35,43)(H,36,44)(H,37,45)(H,38,47)(H,39,46)(H,49,50)/t17-,20-,21-,22-,23-,24-/m0/s1. The van der Waals surface area contributed by atoms with Crippen molar-refractivity contribution in [3.63, 3.8) is 0 Å². The zero-order valence-electron chi connectivity index (χ0n) is 27.3. The molecule has 6 amide bonds. The first-order valence-electron chi connectivity index (χ1n) is 15.9. The number of nitrogens with zero attached hydrogens (tertiary/aromatic N) is 2. The molecule has 0 unspecified atom stereocenters. The lowest BCUT2D eigenvalue weighted by Crippen LogP contribution is -2.60. The number of H-pyrrole nitrogens is 1. The van der Waals surface area contributed by atoms with Gasteiger partial charge < -0.3 is 57.5 Å². The Hall–Kier alpha value is -5.40. The summed E-state index contributed by atoms with van der Waals surface area (Å²) in [5.74, 6) is -6.04. The third kappa shape index (κ3) is 11.1. The second-order valence-electron chi connectivity index (χ2n) is 11.6. The molecule has 272 valence electrons. The summed E-state index contributed by atoms with van der Waals surface area (Å²) in [7, 11) is 0. The summed E-state index contributed by atoms with van der Waals surface area (Å²) in [5.41, 5.74) is 6.50. The zero-order chi connectivity index (χ0) is 36.8. The minimum atomic E-state index is -1.67. The number of aromatic nitrogens is 2. The first-order chi connectivity index (χ1) is 23.9. The predicted octanol–water partition coefficient (Wildman–Crippen LogP) is -4.34.